The molecule has 3 heterocycles. The predicted octanol–water partition coefficient (Wildman–Crippen LogP) is 2.32. The van der Waals surface area contributed by atoms with Crippen molar-refractivity contribution in [3.63, 3.8) is 0 Å². The minimum atomic E-state index is -1.06. The number of amides is 3. The number of ether oxygens (including phenoxy) is 1. The van der Waals surface area contributed by atoms with Gasteiger partial charge in [-0.2, -0.15) is 0 Å². The summed E-state index contributed by atoms with van der Waals surface area (Å²) in [6.45, 7) is 8.11. The largest absolute Gasteiger partial charge is 0.396 e. The number of rotatable bonds is 9. The molecule has 3 amide bonds. The van der Waals surface area contributed by atoms with Gasteiger partial charge in [-0.1, -0.05) is 38.5 Å². The van der Waals surface area contributed by atoms with Crippen molar-refractivity contribution in [2.24, 2.45) is 17.8 Å². The van der Waals surface area contributed by atoms with E-state index in [9.17, 15) is 19.5 Å². The number of benzene rings is 1. The highest BCUT2D eigenvalue weighted by atomic mass is 16.5. The van der Waals surface area contributed by atoms with Crippen LogP contribution in [0.3, 0.4) is 0 Å². The number of para-hydroxylation sites is 1. The minimum absolute atomic E-state index is 0.00997. The SMILES string of the molecule is CCCC(C)NC(=O)C1N(CCCO)C(=O)[C@@H]2[C@H](C(=O)Nc3ccccc3)[C@@]3(C)OC12CC3C. The van der Waals surface area contributed by atoms with Crippen LogP contribution < -0.4 is 10.6 Å². The summed E-state index contributed by atoms with van der Waals surface area (Å²) in [4.78, 5) is 42.6. The van der Waals surface area contributed by atoms with Crippen molar-refractivity contribution >= 4 is 23.4 Å². The molecule has 1 aromatic carbocycles. The number of likely N-dealkylation sites (tertiary alicyclic amines) is 1. The molecule has 3 aliphatic rings. The van der Waals surface area contributed by atoms with Crippen molar-refractivity contribution in [2.45, 2.75) is 76.7 Å². The Hall–Kier alpha value is -2.45. The maximum absolute atomic E-state index is 13.8. The number of aliphatic hydroxyl groups is 1. The molecule has 34 heavy (non-hydrogen) atoms. The van der Waals surface area contributed by atoms with E-state index in [-0.39, 0.29) is 42.8 Å². The Morgan fingerprint density at radius 2 is 1.97 bits per heavy atom. The van der Waals surface area contributed by atoms with Gasteiger partial charge in [0, 0.05) is 24.9 Å². The van der Waals surface area contributed by atoms with Gasteiger partial charge in [0.1, 0.15) is 11.6 Å². The van der Waals surface area contributed by atoms with Gasteiger partial charge in [0.05, 0.1) is 17.4 Å². The third kappa shape index (κ3) is 3.81. The van der Waals surface area contributed by atoms with E-state index in [2.05, 4.69) is 17.6 Å². The first kappa shape index (κ1) is 24.7. The standard InChI is InChI=1S/C26H37N3O5/c1-5-10-17(3)27-23(32)21-26-15-16(2)25(4,34-26)19(20(26)24(33)29(21)13-9-14-30)22(31)28-18-11-7-6-8-12-18/h6-8,11-12,16-17,19-21,30H,5,9-10,13-15H2,1-4H3,(H,27,32)(H,28,31)/t16?,17?,19-,20+,21?,25+,26?/m1/s1. The molecule has 0 saturated carbocycles. The summed E-state index contributed by atoms with van der Waals surface area (Å²) < 4.78 is 6.66. The molecule has 8 heteroatoms. The molecular formula is C26H37N3O5. The molecular weight excluding hydrogens is 434 g/mol. The zero-order valence-electron chi connectivity index (χ0n) is 20.5. The van der Waals surface area contributed by atoms with Gasteiger partial charge in [0.2, 0.25) is 17.7 Å². The van der Waals surface area contributed by atoms with Crippen LogP contribution in [-0.2, 0) is 19.1 Å². The average Bonchev–Trinajstić information content (AvgIpc) is 3.29. The Balaban J connectivity index is 1.71. The zero-order chi connectivity index (χ0) is 24.7. The number of nitrogens with zero attached hydrogens (tertiary/aromatic N) is 1. The topological polar surface area (TPSA) is 108 Å². The number of hydrogen-bond donors (Lipinski definition) is 3. The van der Waals surface area contributed by atoms with E-state index >= 15 is 0 Å². The molecule has 0 radical (unpaired) electrons. The Kier molecular flexibility index (Phi) is 6.75. The molecule has 0 aromatic heterocycles. The minimum Gasteiger partial charge on any atom is -0.396 e. The summed E-state index contributed by atoms with van der Waals surface area (Å²) in [5, 5.41) is 15.5. The maximum Gasteiger partial charge on any atom is 0.246 e. The van der Waals surface area contributed by atoms with Crippen LogP contribution in [0.4, 0.5) is 5.69 Å². The highest BCUT2D eigenvalue weighted by molar-refractivity contribution is 6.02. The summed E-state index contributed by atoms with van der Waals surface area (Å²) in [6, 6.07) is 8.31. The fraction of sp³-hybridized carbons (Fsp3) is 0.654. The molecule has 4 rings (SSSR count). The van der Waals surface area contributed by atoms with Crippen LogP contribution >= 0.6 is 0 Å². The fourth-order valence-corrected chi connectivity index (χ4v) is 6.49. The van der Waals surface area contributed by atoms with Gasteiger partial charge in [-0.15, -0.1) is 0 Å². The fourth-order valence-electron chi connectivity index (χ4n) is 6.49. The van der Waals surface area contributed by atoms with Crippen LogP contribution in [0.1, 0.15) is 53.4 Å². The number of hydrogen-bond acceptors (Lipinski definition) is 5. The van der Waals surface area contributed by atoms with Crippen LogP contribution in [0.25, 0.3) is 0 Å². The van der Waals surface area contributed by atoms with Crippen molar-refractivity contribution in [1.82, 2.24) is 10.2 Å². The second-order valence-corrected chi connectivity index (χ2v) is 10.4. The predicted molar refractivity (Wildman–Crippen MR) is 128 cm³/mol. The van der Waals surface area contributed by atoms with Crippen LogP contribution in [0.15, 0.2) is 30.3 Å². The van der Waals surface area contributed by atoms with Gasteiger partial charge in [0.25, 0.3) is 0 Å². The first-order valence-electron chi connectivity index (χ1n) is 12.5. The second kappa shape index (κ2) is 9.30. The molecule has 186 valence electrons. The third-order valence-electron chi connectivity index (χ3n) is 8.05. The van der Waals surface area contributed by atoms with E-state index in [1.165, 1.54) is 0 Å². The Morgan fingerprint density at radius 3 is 2.62 bits per heavy atom. The van der Waals surface area contributed by atoms with Gasteiger partial charge >= 0.3 is 0 Å². The molecule has 2 bridgehead atoms. The summed E-state index contributed by atoms with van der Waals surface area (Å²) >= 11 is 0. The molecule has 1 aromatic rings. The van der Waals surface area contributed by atoms with Crippen LogP contribution in [0.5, 0.6) is 0 Å². The highest BCUT2D eigenvalue weighted by Gasteiger charge is 2.79. The first-order chi connectivity index (χ1) is 16.2. The summed E-state index contributed by atoms with van der Waals surface area (Å²) in [7, 11) is 0. The smallest absolute Gasteiger partial charge is 0.246 e. The van der Waals surface area contributed by atoms with Crippen molar-refractivity contribution < 1.29 is 24.2 Å². The van der Waals surface area contributed by atoms with E-state index in [4.69, 9.17) is 4.74 Å². The van der Waals surface area contributed by atoms with Crippen LogP contribution in [0.2, 0.25) is 0 Å². The van der Waals surface area contributed by atoms with Crippen molar-refractivity contribution in [3.05, 3.63) is 30.3 Å². The van der Waals surface area contributed by atoms with Crippen LogP contribution in [0, 0.1) is 17.8 Å². The Labute approximate surface area is 201 Å². The summed E-state index contributed by atoms with van der Waals surface area (Å²) in [5.74, 6) is -2.21. The van der Waals surface area contributed by atoms with E-state index in [1.54, 1.807) is 4.90 Å². The number of nitrogens with one attached hydrogen (secondary N) is 2. The molecule has 1 spiro atoms. The molecule has 4 unspecified atom stereocenters. The van der Waals surface area contributed by atoms with E-state index in [1.807, 2.05) is 51.1 Å². The van der Waals surface area contributed by atoms with E-state index in [0.717, 1.165) is 12.8 Å². The lowest BCUT2D eigenvalue weighted by molar-refractivity contribution is -0.146. The number of fused-ring (bicyclic) bond motifs is 1. The molecule has 3 fully saturated rings. The Bertz CT molecular complexity index is 940. The summed E-state index contributed by atoms with van der Waals surface area (Å²) in [6.07, 6.45) is 2.65. The Morgan fingerprint density at radius 1 is 1.26 bits per heavy atom. The quantitative estimate of drug-likeness (QED) is 0.512. The third-order valence-corrected chi connectivity index (χ3v) is 8.05. The first-order valence-corrected chi connectivity index (χ1v) is 12.5. The van der Waals surface area contributed by atoms with Gasteiger partial charge in [-0.3, -0.25) is 14.4 Å². The molecule has 7 atom stereocenters. The molecule has 3 aliphatic heterocycles. The monoisotopic (exact) mass is 471 g/mol. The zero-order valence-corrected chi connectivity index (χ0v) is 20.5. The van der Waals surface area contributed by atoms with E-state index in [0.29, 0.717) is 18.5 Å². The lowest BCUT2D eigenvalue weighted by Gasteiger charge is -2.36. The molecule has 8 nitrogen and oxygen atoms in total. The average molecular weight is 472 g/mol. The van der Waals surface area contributed by atoms with Gasteiger partial charge in [0.15, 0.2) is 0 Å². The van der Waals surface area contributed by atoms with Crippen molar-refractivity contribution in [3.8, 4) is 0 Å². The van der Waals surface area contributed by atoms with Crippen molar-refractivity contribution in [1.29, 1.82) is 0 Å². The lowest BCUT2D eigenvalue weighted by atomic mass is 9.62. The number of carbonyl (C=O) groups excluding carboxylic acids is 3. The van der Waals surface area contributed by atoms with Crippen molar-refractivity contribution in [2.75, 3.05) is 18.5 Å². The number of anilines is 1. The number of carbonyl (C=O) groups is 3. The van der Waals surface area contributed by atoms with Gasteiger partial charge in [-0.25, -0.2) is 0 Å². The molecule has 3 N–H and O–H groups in total. The second-order valence-electron chi connectivity index (χ2n) is 10.4. The maximum atomic E-state index is 13.8. The highest BCUT2D eigenvalue weighted by Crippen LogP contribution is 2.65. The lowest BCUT2D eigenvalue weighted by Crippen LogP contribution is -2.57. The number of aliphatic hydroxyl groups excluding tert-OH is 1. The van der Waals surface area contributed by atoms with Gasteiger partial charge in [-0.05, 0) is 51.2 Å². The van der Waals surface area contributed by atoms with Crippen LogP contribution in [-0.4, -0.2) is 64.2 Å². The van der Waals surface area contributed by atoms with E-state index < -0.39 is 29.1 Å². The normalized spacial score (nSPS) is 34.7. The summed E-state index contributed by atoms with van der Waals surface area (Å²) in [5.41, 5.74) is -1.25. The van der Waals surface area contributed by atoms with Gasteiger partial charge < -0.3 is 25.4 Å². The molecule has 3 saturated heterocycles. The molecule has 0 aliphatic carbocycles.